The number of carbonyl (C=O) groups is 2. The van der Waals surface area contributed by atoms with Crippen molar-refractivity contribution in [2.24, 2.45) is 5.92 Å². The van der Waals surface area contributed by atoms with Crippen LogP contribution in [-0.4, -0.2) is 59.7 Å². The van der Waals surface area contributed by atoms with Gasteiger partial charge < -0.3 is 19.5 Å². The van der Waals surface area contributed by atoms with Gasteiger partial charge in [0, 0.05) is 44.7 Å². The number of fused-ring (bicyclic) bond motifs is 2. The minimum absolute atomic E-state index is 0.00143. The number of para-hydroxylation sites is 1. The van der Waals surface area contributed by atoms with Crippen molar-refractivity contribution in [2.45, 2.75) is 38.0 Å². The number of anilines is 3. The number of carbonyl (C=O) groups excluding carboxylic acids is 2. The van der Waals surface area contributed by atoms with Crippen LogP contribution in [0.2, 0.25) is 0 Å². The van der Waals surface area contributed by atoms with Gasteiger partial charge in [0.2, 0.25) is 23.6 Å². The number of nitrogens with zero attached hydrogens (tertiary/aromatic N) is 6. The molecule has 0 saturated carbocycles. The molecule has 10 nitrogen and oxygen atoms in total. The average Bonchev–Trinajstić information content (AvgIpc) is 3.43. The molecule has 0 spiro atoms. The number of aryl methyl sites for hydroxylation is 1. The first-order chi connectivity index (χ1) is 19.0. The third kappa shape index (κ3) is 4.45. The van der Waals surface area contributed by atoms with Crippen LogP contribution in [0.25, 0.3) is 0 Å². The minimum Gasteiger partial charge on any atom is -0.423 e. The van der Waals surface area contributed by atoms with E-state index in [1.54, 1.807) is 11.0 Å². The molecule has 3 aliphatic heterocycles. The number of amides is 2. The van der Waals surface area contributed by atoms with Gasteiger partial charge in [-0.05, 0) is 31.2 Å². The summed E-state index contributed by atoms with van der Waals surface area (Å²) in [6.07, 6.45) is -4.82. The molecule has 0 unspecified atom stereocenters. The van der Waals surface area contributed by atoms with E-state index < -0.39 is 41.3 Å². The Bertz CT molecular complexity index is 1490. The first-order valence-electron chi connectivity index (χ1n) is 12.7. The van der Waals surface area contributed by atoms with E-state index in [0.717, 1.165) is 17.0 Å². The maximum absolute atomic E-state index is 15.3. The van der Waals surface area contributed by atoms with Gasteiger partial charge in [0.05, 0.1) is 29.4 Å². The molecule has 210 valence electrons. The van der Waals surface area contributed by atoms with Gasteiger partial charge in [-0.25, -0.2) is 9.37 Å². The Kier molecular flexibility index (Phi) is 6.24. The van der Waals surface area contributed by atoms with Crippen molar-refractivity contribution >= 4 is 29.0 Å². The molecule has 2 atom stereocenters. The molecule has 5 heterocycles. The highest BCUT2D eigenvalue weighted by atomic mass is 19.4. The molecule has 0 aliphatic carbocycles. The number of rotatable bonds is 4. The zero-order valence-corrected chi connectivity index (χ0v) is 21.6. The van der Waals surface area contributed by atoms with Crippen molar-refractivity contribution in [2.75, 3.05) is 41.4 Å². The van der Waals surface area contributed by atoms with Crippen molar-refractivity contribution in [3.63, 3.8) is 0 Å². The zero-order chi connectivity index (χ0) is 28.3. The standard InChI is InChI=1S/C26H25F4N7O3/c1-13-6-16(26(28,29)30)8-19(32-13)37-21(38)7-14-11-36(12-20-33-34-24(40-20)15-9-31-10-15)23-17(27)4-3-5-18(23)35(2)25(39)22(14)37/h3-6,8,14-15,22,31H,7,9-12H2,1-2H3/t14-,22+/m1/s1. The number of hydrogen-bond acceptors (Lipinski definition) is 8. The van der Waals surface area contributed by atoms with Gasteiger partial charge in [-0.2, -0.15) is 13.2 Å². The lowest BCUT2D eigenvalue weighted by Crippen LogP contribution is -2.52. The van der Waals surface area contributed by atoms with E-state index in [0.29, 0.717) is 19.0 Å². The number of benzene rings is 1. The maximum atomic E-state index is 15.3. The molecule has 3 aromatic rings. The molecule has 3 aliphatic rings. The van der Waals surface area contributed by atoms with Crippen LogP contribution in [-0.2, 0) is 22.3 Å². The molecule has 14 heteroatoms. The Morgan fingerprint density at radius 1 is 1.15 bits per heavy atom. The number of likely N-dealkylation sites (N-methyl/N-ethyl adjacent to an activating group) is 1. The summed E-state index contributed by atoms with van der Waals surface area (Å²) < 4.78 is 62.0. The summed E-state index contributed by atoms with van der Waals surface area (Å²) in [5.41, 5.74) is -0.559. The number of hydrogen-bond donors (Lipinski definition) is 1. The zero-order valence-electron chi connectivity index (χ0n) is 21.6. The Hall–Kier alpha value is -4.07. The Morgan fingerprint density at radius 2 is 1.93 bits per heavy atom. The van der Waals surface area contributed by atoms with Gasteiger partial charge in [0.25, 0.3) is 0 Å². The van der Waals surface area contributed by atoms with Gasteiger partial charge in [0.15, 0.2) is 0 Å². The van der Waals surface area contributed by atoms with Crippen LogP contribution >= 0.6 is 0 Å². The van der Waals surface area contributed by atoms with Crippen LogP contribution in [0.15, 0.2) is 34.7 Å². The normalized spacial score (nSPS) is 21.7. The van der Waals surface area contributed by atoms with E-state index in [2.05, 4.69) is 20.5 Å². The Labute approximate surface area is 226 Å². The summed E-state index contributed by atoms with van der Waals surface area (Å²) in [6, 6.07) is 4.79. The second-order valence-electron chi connectivity index (χ2n) is 10.3. The largest absolute Gasteiger partial charge is 0.423 e. The molecule has 2 aromatic heterocycles. The first kappa shape index (κ1) is 26.2. The average molecular weight is 560 g/mol. The summed E-state index contributed by atoms with van der Waals surface area (Å²) in [6.45, 7) is 2.84. The molecule has 1 N–H and O–H groups in total. The topological polar surface area (TPSA) is 108 Å². The summed E-state index contributed by atoms with van der Waals surface area (Å²) in [7, 11) is 1.45. The highest BCUT2D eigenvalue weighted by Crippen LogP contribution is 2.41. The quantitative estimate of drug-likeness (QED) is 0.487. The fraction of sp³-hybridized carbons (Fsp3) is 0.423. The highest BCUT2D eigenvalue weighted by molar-refractivity contribution is 6.10. The van der Waals surface area contributed by atoms with E-state index in [1.165, 1.54) is 31.0 Å². The van der Waals surface area contributed by atoms with E-state index >= 15 is 4.39 Å². The van der Waals surface area contributed by atoms with Crippen LogP contribution in [0.4, 0.5) is 34.8 Å². The van der Waals surface area contributed by atoms with Crippen molar-refractivity contribution in [1.29, 1.82) is 0 Å². The molecule has 2 fully saturated rings. The van der Waals surface area contributed by atoms with Crippen LogP contribution < -0.4 is 20.0 Å². The predicted molar refractivity (Wildman–Crippen MR) is 134 cm³/mol. The Morgan fingerprint density at radius 3 is 2.62 bits per heavy atom. The van der Waals surface area contributed by atoms with Gasteiger partial charge in [0.1, 0.15) is 17.7 Å². The minimum atomic E-state index is -4.67. The van der Waals surface area contributed by atoms with Crippen LogP contribution in [0, 0.1) is 18.7 Å². The van der Waals surface area contributed by atoms with Crippen LogP contribution in [0.1, 0.15) is 35.4 Å². The lowest BCUT2D eigenvalue weighted by Gasteiger charge is -2.38. The van der Waals surface area contributed by atoms with Crippen LogP contribution in [0.3, 0.4) is 0 Å². The SMILES string of the molecule is Cc1cc(C(F)(F)F)cc(N2C(=O)C[C@@H]3CN(Cc4nnc(C5CNC5)o4)c4c(F)cccc4N(C)C(=O)[C@H]32)n1. The molecule has 1 aromatic carbocycles. The van der Waals surface area contributed by atoms with E-state index in [4.69, 9.17) is 4.42 Å². The van der Waals surface area contributed by atoms with Crippen molar-refractivity contribution in [1.82, 2.24) is 20.5 Å². The molecule has 2 saturated heterocycles. The molecular weight excluding hydrogens is 534 g/mol. The van der Waals surface area contributed by atoms with Gasteiger partial charge in [-0.1, -0.05) is 6.07 Å². The third-order valence-electron chi connectivity index (χ3n) is 7.57. The smallest absolute Gasteiger partial charge is 0.416 e. The van der Waals surface area contributed by atoms with Crippen molar-refractivity contribution in [3.05, 3.63) is 59.2 Å². The first-order valence-corrected chi connectivity index (χ1v) is 12.7. The lowest BCUT2D eigenvalue weighted by atomic mass is 9.95. The summed E-state index contributed by atoms with van der Waals surface area (Å²) >= 11 is 0. The van der Waals surface area contributed by atoms with Gasteiger partial charge in [-0.3, -0.25) is 14.5 Å². The number of aromatic nitrogens is 3. The van der Waals surface area contributed by atoms with E-state index in [9.17, 15) is 22.8 Å². The van der Waals surface area contributed by atoms with E-state index in [-0.39, 0.29) is 54.2 Å². The predicted octanol–water partition coefficient (Wildman–Crippen LogP) is 3.02. The molecule has 0 radical (unpaired) electrons. The van der Waals surface area contributed by atoms with Gasteiger partial charge >= 0.3 is 6.18 Å². The molecule has 40 heavy (non-hydrogen) atoms. The monoisotopic (exact) mass is 559 g/mol. The molecule has 2 amide bonds. The summed E-state index contributed by atoms with van der Waals surface area (Å²) in [5, 5.41) is 11.4. The second kappa shape index (κ2) is 9.54. The second-order valence-corrected chi connectivity index (χ2v) is 10.3. The number of nitrogens with one attached hydrogen (secondary N) is 1. The fourth-order valence-electron chi connectivity index (χ4n) is 5.53. The van der Waals surface area contributed by atoms with Gasteiger partial charge in [-0.15, -0.1) is 10.2 Å². The molecular formula is C26H25F4N7O3. The third-order valence-corrected chi connectivity index (χ3v) is 7.57. The molecule has 6 rings (SSSR count). The summed E-state index contributed by atoms with van der Waals surface area (Å²) in [4.78, 5) is 35.2. The van der Waals surface area contributed by atoms with Crippen molar-refractivity contribution < 1.29 is 31.6 Å². The fourth-order valence-corrected chi connectivity index (χ4v) is 5.53. The van der Waals surface area contributed by atoms with Crippen LogP contribution in [0.5, 0.6) is 0 Å². The number of halogens is 4. The Balaban J connectivity index is 1.41. The molecule has 0 bridgehead atoms. The van der Waals surface area contributed by atoms with Crippen molar-refractivity contribution in [3.8, 4) is 0 Å². The summed E-state index contributed by atoms with van der Waals surface area (Å²) in [5.74, 6) is -1.85. The lowest BCUT2D eigenvalue weighted by molar-refractivity contribution is -0.137. The number of alkyl halides is 3. The number of pyridine rings is 1. The van der Waals surface area contributed by atoms with E-state index in [1.807, 2.05) is 0 Å². The maximum Gasteiger partial charge on any atom is 0.416 e. The highest BCUT2D eigenvalue weighted by Gasteiger charge is 2.49.